The molecule has 0 amide bonds. The smallest absolute Gasteiger partial charge is 0.262 e. The van der Waals surface area contributed by atoms with Gasteiger partial charge in [-0.2, -0.15) is 0 Å². The molecule has 6 heteroatoms. The predicted molar refractivity (Wildman–Crippen MR) is 61.3 cm³/mol. The van der Waals surface area contributed by atoms with Crippen LogP contribution in [0.5, 0.6) is 0 Å². The second-order valence-electron chi connectivity index (χ2n) is 3.44. The van der Waals surface area contributed by atoms with Crippen LogP contribution in [0.15, 0.2) is 20.9 Å². The first kappa shape index (κ1) is 10.9. The summed E-state index contributed by atoms with van der Waals surface area (Å²) in [5.74, 6) is 1.15. The monoisotopic (exact) mass is 236 g/mol. The van der Waals surface area contributed by atoms with Crippen molar-refractivity contribution in [1.82, 2.24) is 15.0 Å². The first-order valence-corrected chi connectivity index (χ1v) is 5.58. The van der Waals surface area contributed by atoms with E-state index in [1.807, 2.05) is 13.8 Å². The summed E-state index contributed by atoms with van der Waals surface area (Å²) in [6, 6.07) is 0. The van der Waals surface area contributed by atoms with Crippen molar-refractivity contribution in [1.29, 1.82) is 0 Å². The van der Waals surface area contributed by atoms with E-state index in [0.717, 1.165) is 16.3 Å². The Hall–Kier alpha value is -1.56. The van der Waals surface area contributed by atoms with Crippen LogP contribution in [-0.2, 0) is 0 Å². The van der Waals surface area contributed by atoms with Crippen LogP contribution in [0.1, 0.15) is 17.1 Å². The maximum atomic E-state index is 5.76. The summed E-state index contributed by atoms with van der Waals surface area (Å²) in [5, 5.41) is 1.35. The van der Waals surface area contributed by atoms with Gasteiger partial charge in [0.2, 0.25) is 0 Å². The zero-order valence-corrected chi connectivity index (χ0v) is 10.1. The standard InChI is InChI=1S/C10H12N4OS/c1-5-4-15-10(12-5)16-9-6(2)8(11)13-7(3)14-9/h4H,1-3H3,(H2,11,13,14). The molecule has 16 heavy (non-hydrogen) atoms. The molecule has 2 aromatic heterocycles. The third kappa shape index (κ3) is 2.16. The van der Waals surface area contributed by atoms with E-state index in [1.54, 1.807) is 13.2 Å². The number of nitrogens with zero attached hydrogens (tertiary/aromatic N) is 3. The topological polar surface area (TPSA) is 77.8 Å². The van der Waals surface area contributed by atoms with Crippen LogP contribution in [0.2, 0.25) is 0 Å². The van der Waals surface area contributed by atoms with Crippen LogP contribution < -0.4 is 5.73 Å². The summed E-state index contributed by atoms with van der Waals surface area (Å²) in [7, 11) is 0. The van der Waals surface area contributed by atoms with E-state index in [1.165, 1.54) is 11.8 Å². The molecular weight excluding hydrogens is 224 g/mol. The molecule has 0 unspecified atom stereocenters. The molecule has 0 aromatic carbocycles. The summed E-state index contributed by atoms with van der Waals surface area (Å²) in [4.78, 5) is 12.6. The molecule has 84 valence electrons. The van der Waals surface area contributed by atoms with Gasteiger partial charge in [0, 0.05) is 5.56 Å². The highest BCUT2D eigenvalue weighted by atomic mass is 32.2. The van der Waals surface area contributed by atoms with Gasteiger partial charge >= 0.3 is 0 Å². The molecule has 0 saturated heterocycles. The van der Waals surface area contributed by atoms with Gasteiger partial charge in [0.1, 0.15) is 22.9 Å². The van der Waals surface area contributed by atoms with Crippen LogP contribution in [0.3, 0.4) is 0 Å². The van der Waals surface area contributed by atoms with Crippen LogP contribution >= 0.6 is 11.8 Å². The maximum Gasteiger partial charge on any atom is 0.262 e. The van der Waals surface area contributed by atoms with Gasteiger partial charge in [-0.25, -0.2) is 15.0 Å². The van der Waals surface area contributed by atoms with Crippen molar-refractivity contribution in [2.24, 2.45) is 0 Å². The number of aryl methyl sites for hydroxylation is 2. The largest absolute Gasteiger partial charge is 0.439 e. The van der Waals surface area contributed by atoms with Gasteiger partial charge in [-0.1, -0.05) is 0 Å². The summed E-state index contributed by atoms with van der Waals surface area (Å²) in [6.45, 7) is 5.56. The average molecular weight is 236 g/mol. The molecule has 2 N–H and O–H groups in total. The summed E-state index contributed by atoms with van der Waals surface area (Å²) in [5.41, 5.74) is 7.46. The molecule has 2 aromatic rings. The van der Waals surface area contributed by atoms with E-state index in [0.29, 0.717) is 16.9 Å². The van der Waals surface area contributed by atoms with Crippen molar-refractivity contribution in [2.75, 3.05) is 5.73 Å². The first-order chi connectivity index (χ1) is 7.56. The van der Waals surface area contributed by atoms with Gasteiger partial charge in [0.05, 0.1) is 5.69 Å². The Labute approximate surface area is 97.5 Å². The van der Waals surface area contributed by atoms with E-state index in [2.05, 4.69) is 15.0 Å². The average Bonchev–Trinajstić information content (AvgIpc) is 2.60. The molecule has 0 aliphatic carbocycles. The fourth-order valence-electron chi connectivity index (χ4n) is 1.18. The van der Waals surface area contributed by atoms with E-state index in [9.17, 15) is 0 Å². The lowest BCUT2D eigenvalue weighted by Gasteiger charge is -2.05. The quantitative estimate of drug-likeness (QED) is 0.805. The maximum absolute atomic E-state index is 5.76. The highest BCUT2D eigenvalue weighted by Crippen LogP contribution is 2.29. The predicted octanol–water partition coefficient (Wildman–Crippen LogP) is 2.12. The second-order valence-corrected chi connectivity index (χ2v) is 4.38. The van der Waals surface area contributed by atoms with Crippen LogP contribution in [-0.4, -0.2) is 15.0 Å². The highest BCUT2D eigenvalue weighted by molar-refractivity contribution is 7.99. The molecule has 0 saturated carbocycles. The van der Waals surface area contributed by atoms with Gasteiger partial charge in [0.15, 0.2) is 0 Å². The minimum atomic E-state index is 0.498. The lowest BCUT2D eigenvalue weighted by atomic mass is 10.3. The molecule has 0 radical (unpaired) electrons. The Balaban J connectivity index is 2.34. The molecular formula is C10H12N4OS. The van der Waals surface area contributed by atoms with Gasteiger partial charge in [-0.05, 0) is 32.5 Å². The fourth-order valence-corrected chi connectivity index (χ4v) is 2.07. The Morgan fingerprint density at radius 3 is 2.56 bits per heavy atom. The van der Waals surface area contributed by atoms with Gasteiger partial charge < -0.3 is 10.2 Å². The van der Waals surface area contributed by atoms with Crippen LogP contribution in [0, 0.1) is 20.8 Å². The molecule has 0 aliphatic heterocycles. The molecule has 0 spiro atoms. The normalized spacial score (nSPS) is 10.7. The van der Waals surface area contributed by atoms with Crippen molar-refractivity contribution in [3.63, 3.8) is 0 Å². The van der Waals surface area contributed by atoms with Crippen LogP contribution in [0.4, 0.5) is 5.82 Å². The lowest BCUT2D eigenvalue weighted by molar-refractivity contribution is 0.453. The third-order valence-electron chi connectivity index (χ3n) is 2.03. The number of aromatic nitrogens is 3. The van der Waals surface area contributed by atoms with Gasteiger partial charge in [-0.15, -0.1) is 0 Å². The zero-order valence-electron chi connectivity index (χ0n) is 9.31. The SMILES string of the molecule is Cc1coc(Sc2nc(C)nc(N)c2C)n1. The molecule has 0 bridgehead atoms. The molecule has 2 heterocycles. The van der Waals surface area contributed by atoms with E-state index >= 15 is 0 Å². The number of rotatable bonds is 2. The summed E-state index contributed by atoms with van der Waals surface area (Å²) >= 11 is 1.35. The van der Waals surface area contributed by atoms with Crippen molar-refractivity contribution >= 4 is 17.6 Å². The van der Waals surface area contributed by atoms with Crippen molar-refractivity contribution in [3.8, 4) is 0 Å². The van der Waals surface area contributed by atoms with Crippen molar-refractivity contribution in [2.45, 2.75) is 31.0 Å². The molecule has 5 nitrogen and oxygen atoms in total. The molecule has 0 aliphatic rings. The molecule has 0 atom stereocenters. The third-order valence-corrected chi connectivity index (χ3v) is 2.99. The van der Waals surface area contributed by atoms with Crippen LogP contribution in [0.25, 0.3) is 0 Å². The first-order valence-electron chi connectivity index (χ1n) is 4.77. The Kier molecular flexibility index (Phi) is 2.82. The Bertz CT molecular complexity index is 524. The van der Waals surface area contributed by atoms with Crippen molar-refractivity contribution in [3.05, 3.63) is 23.3 Å². The van der Waals surface area contributed by atoms with Gasteiger partial charge in [0.25, 0.3) is 5.22 Å². The fraction of sp³-hybridized carbons (Fsp3) is 0.300. The zero-order chi connectivity index (χ0) is 11.7. The highest BCUT2D eigenvalue weighted by Gasteiger charge is 2.11. The number of hydrogen-bond acceptors (Lipinski definition) is 6. The van der Waals surface area contributed by atoms with Crippen molar-refractivity contribution < 1.29 is 4.42 Å². The minimum absolute atomic E-state index is 0.498. The number of anilines is 1. The lowest BCUT2D eigenvalue weighted by Crippen LogP contribution is -2.01. The minimum Gasteiger partial charge on any atom is -0.439 e. The Morgan fingerprint density at radius 1 is 1.19 bits per heavy atom. The summed E-state index contributed by atoms with van der Waals surface area (Å²) < 4.78 is 5.25. The second kappa shape index (κ2) is 4.13. The number of hydrogen-bond donors (Lipinski definition) is 1. The summed E-state index contributed by atoms with van der Waals surface area (Å²) in [6.07, 6.45) is 1.61. The number of nitrogens with two attached hydrogens (primary N) is 1. The number of nitrogen functional groups attached to an aromatic ring is 1. The van der Waals surface area contributed by atoms with E-state index in [4.69, 9.17) is 10.2 Å². The van der Waals surface area contributed by atoms with E-state index < -0.39 is 0 Å². The number of oxazole rings is 1. The van der Waals surface area contributed by atoms with E-state index in [-0.39, 0.29) is 0 Å². The molecule has 0 fully saturated rings. The van der Waals surface area contributed by atoms with Gasteiger partial charge in [-0.3, -0.25) is 0 Å². The molecule has 2 rings (SSSR count). The Morgan fingerprint density at radius 2 is 1.94 bits per heavy atom.